The van der Waals surface area contributed by atoms with Gasteiger partial charge in [0.1, 0.15) is 0 Å². The van der Waals surface area contributed by atoms with E-state index >= 15 is 0 Å². The third kappa shape index (κ3) is 3.12. The van der Waals surface area contributed by atoms with Crippen LogP contribution in [0.4, 0.5) is 4.79 Å². The number of rotatable bonds is 4. The molecule has 106 valence electrons. The first-order chi connectivity index (χ1) is 9.65. The van der Waals surface area contributed by atoms with Crippen LogP contribution in [0.15, 0.2) is 18.2 Å². The molecule has 2 atom stereocenters. The van der Waals surface area contributed by atoms with Crippen LogP contribution >= 0.6 is 0 Å². The average molecular weight is 272 g/mol. The minimum absolute atomic E-state index is 0.0644. The van der Waals surface area contributed by atoms with E-state index in [0.717, 1.165) is 18.4 Å². The number of ether oxygens (including phenoxy) is 1. The van der Waals surface area contributed by atoms with Gasteiger partial charge >= 0.3 is 6.09 Å². The van der Waals surface area contributed by atoms with Crippen molar-refractivity contribution >= 4 is 6.09 Å². The summed E-state index contributed by atoms with van der Waals surface area (Å²) in [5, 5.41) is 6.13. The number of methoxy groups -OCH3 is 1. The lowest BCUT2D eigenvalue weighted by atomic mass is 10.0. The Morgan fingerprint density at radius 2 is 2.40 bits per heavy atom. The van der Waals surface area contributed by atoms with Gasteiger partial charge in [-0.2, -0.15) is 0 Å². The van der Waals surface area contributed by atoms with Crippen LogP contribution < -0.4 is 10.6 Å². The van der Waals surface area contributed by atoms with Gasteiger partial charge in [0.15, 0.2) is 0 Å². The lowest BCUT2D eigenvalue weighted by Crippen LogP contribution is -2.26. The van der Waals surface area contributed by atoms with Gasteiger partial charge in [-0.05, 0) is 36.5 Å². The Kier molecular flexibility index (Phi) is 4.65. The summed E-state index contributed by atoms with van der Waals surface area (Å²) in [6, 6.07) is 6.62. The Labute approximate surface area is 119 Å². The van der Waals surface area contributed by atoms with E-state index in [1.165, 1.54) is 18.2 Å². The topological polar surface area (TPSA) is 50.4 Å². The number of amides is 1. The van der Waals surface area contributed by atoms with Crippen molar-refractivity contribution in [1.82, 2.24) is 10.6 Å². The molecule has 1 unspecified atom stereocenters. The summed E-state index contributed by atoms with van der Waals surface area (Å²) in [6.07, 6.45) is 6.98. The molecule has 1 amide bonds. The van der Waals surface area contributed by atoms with Gasteiger partial charge in [0.25, 0.3) is 0 Å². The fourth-order valence-electron chi connectivity index (χ4n) is 2.62. The second kappa shape index (κ2) is 6.44. The number of hydrogen-bond donors (Lipinski definition) is 2. The summed E-state index contributed by atoms with van der Waals surface area (Å²) in [5.41, 5.74) is 3.73. The highest BCUT2D eigenvalue weighted by atomic mass is 16.5. The summed E-state index contributed by atoms with van der Waals surface area (Å²) in [6.45, 7) is 2.54. The van der Waals surface area contributed by atoms with Gasteiger partial charge in [0.2, 0.25) is 0 Å². The summed E-state index contributed by atoms with van der Waals surface area (Å²) < 4.78 is 4.62. The van der Waals surface area contributed by atoms with Gasteiger partial charge < -0.3 is 10.1 Å². The third-order valence-electron chi connectivity index (χ3n) is 3.72. The molecule has 0 aliphatic heterocycles. The smallest absolute Gasteiger partial charge is 0.407 e. The van der Waals surface area contributed by atoms with E-state index in [1.54, 1.807) is 0 Å². The molecule has 0 radical (unpaired) electrons. The van der Waals surface area contributed by atoms with Crippen molar-refractivity contribution in [1.29, 1.82) is 0 Å². The normalized spacial score (nSPS) is 17.9. The van der Waals surface area contributed by atoms with Gasteiger partial charge in [0, 0.05) is 6.04 Å². The molecular formula is C16H20N2O2. The predicted molar refractivity (Wildman–Crippen MR) is 78.3 cm³/mol. The zero-order valence-electron chi connectivity index (χ0n) is 11.9. The maximum absolute atomic E-state index is 11.2. The summed E-state index contributed by atoms with van der Waals surface area (Å²) in [7, 11) is 1.37. The zero-order valence-corrected chi connectivity index (χ0v) is 11.9. The van der Waals surface area contributed by atoms with Crippen LogP contribution in [0, 0.1) is 12.3 Å². The van der Waals surface area contributed by atoms with Gasteiger partial charge in [-0.25, -0.2) is 4.79 Å². The highest BCUT2D eigenvalue weighted by Crippen LogP contribution is 2.32. The van der Waals surface area contributed by atoms with Crippen LogP contribution in [0.5, 0.6) is 0 Å². The van der Waals surface area contributed by atoms with Crippen molar-refractivity contribution in [3.63, 3.8) is 0 Å². The van der Waals surface area contributed by atoms with Gasteiger partial charge in [-0.1, -0.05) is 24.1 Å². The largest absolute Gasteiger partial charge is 0.453 e. The molecule has 0 spiro atoms. The lowest BCUT2D eigenvalue weighted by molar-refractivity contribution is 0.167. The second-order valence-corrected chi connectivity index (χ2v) is 4.99. The van der Waals surface area contributed by atoms with Gasteiger partial charge in [-0.15, -0.1) is 6.42 Å². The Bertz CT molecular complexity index is 534. The fraction of sp³-hybridized carbons (Fsp3) is 0.438. The predicted octanol–water partition coefficient (Wildman–Crippen LogP) is 2.31. The van der Waals surface area contributed by atoms with E-state index in [1.807, 2.05) is 6.92 Å². The quantitative estimate of drug-likeness (QED) is 0.827. The fourth-order valence-corrected chi connectivity index (χ4v) is 2.62. The molecule has 0 fully saturated rings. The maximum Gasteiger partial charge on any atom is 0.407 e. The number of terminal acetylenes is 1. The van der Waals surface area contributed by atoms with E-state index in [-0.39, 0.29) is 6.04 Å². The number of hydrogen-bond acceptors (Lipinski definition) is 3. The average Bonchev–Trinajstić information content (AvgIpc) is 2.87. The Hall–Kier alpha value is -1.99. The number of carbonyl (C=O) groups excluding carboxylic acids is 1. The van der Waals surface area contributed by atoms with Crippen LogP contribution in [-0.2, 0) is 11.2 Å². The zero-order chi connectivity index (χ0) is 14.5. The molecule has 0 heterocycles. The molecule has 20 heavy (non-hydrogen) atoms. The number of benzene rings is 1. The molecule has 1 aromatic rings. The molecule has 0 saturated heterocycles. The monoisotopic (exact) mass is 272 g/mol. The van der Waals surface area contributed by atoms with Crippen LogP contribution in [0.2, 0.25) is 0 Å². The summed E-state index contributed by atoms with van der Waals surface area (Å²) in [5.74, 6) is 2.61. The van der Waals surface area contributed by atoms with E-state index in [4.69, 9.17) is 6.42 Å². The molecule has 0 bridgehead atoms. The van der Waals surface area contributed by atoms with Crippen molar-refractivity contribution in [3.8, 4) is 12.3 Å². The molecule has 4 heteroatoms. The molecular weight excluding hydrogens is 252 g/mol. The molecule has 2 N–H and O–H groups in total. The standard InChI is InChI=1S/C16H20N2O2/c1-4-9-17-15-8-6-13-10-12(5-7-14(13)15)11(2)18-16(19)20-3/h1,5,7,10-11,15,17H,6,8-9H2,2-3H3,(H,18,19)/t11?,15-/m0/s1. The van der Waals surface area contributed by atoms with E-state index in [0.29, 0.717) is 12.6 Å². The molecule has 4 nitrogen and oxygen atoms in total. The van der Waals surface area contributed by atoms with Crippen LogP contribution in [0.3, 0.4) is 0 Å². The highest BCUT2D eigenvalue weighted by molar-refractivity contribution is 5.67. The number of carbonyl (C=O) groups is 1. The van der Waals surface area contributed by atoms with Crippen molar-refractivity contribution in [2.45, 2.75) is 31.8 Å². The Morgan fingerprint density at radius 3 is 3.10 bits per heavy atom. The third-order valence-corrected chi connectivity index (χ3v) is 3.72. The molecule has 0 aromatic heterocycles. The first kappa shape index (κ1) is 14.4. The molecule has 1 aromatic carbocycles. The van der Waals surface area contributed by atoms with Gasteiger partial charge in [-0.3, -0.25) is 5.32 Å². The van der Waals surface area contributed by atoms with Crippen molar-refractivity contribution in [3.05, 3.63) is 34.9 Å². The van der Waals surface area contributed by atoms with Gasteiger partial charge in [0.05, 0.1) is 19.7 Å². The number of alkyl carbamates (subject to hydrolysis) is 1. The first-order valence-corrected chi connectivity index (χ1v) is 6.79. The summed E-state index contributed by atoms with van der Waals surface area (Å²) >= 11 is 0. The first-order valence-electron chi connectivity index (χ1n) is 6.79. The van der Waals surface area contributed by atoms with Crippen molar-refractivity contribution in [2.24, 2.45) is 0 Å². The number of fused-ring (bicyclic) bond motifs is 1. The van der Waals surface area contributed by atoms with Crippen LogP contribution in [0.25, 0.3) is 0 Å². The molecule has 2 rings (SSSR count). The molecule has 1 aliphatic rings. The number of nitrogens with one attached hydrogen (secondary N) is 2. The summed E-state index contributed by atoms with van der Waals surface area (Å²) in [4.78, 5) is 11.2. The van der Waals surface area contributed by atoms with Crippen molar-refractivity contribution < 1.29 is 9.53 Å². The molecule has 0 saturated carbocycles. The van der Waals surface area contributed by atoms with Crippen LogP contribution in [0.1, 0.15) is 42.1 Å². The van der Waals surface area contributed by atoms with Crippen molar-refractivity contribution in [2.75, 3.05) is 13.7 Å². The minimum atomic E-state index is -0.411. The number of aryl methyl sites for hydroxylation is 1. The lowest BCUT2D eigenvalue weighted by Gasteiger charge is -2.16. The minimum Gasteiger partial charge on any atom is -0.453 e. The highest BCUT2D eigenvalue weighted by Gasteiger charge is 2.22. The second-order valence-electron chi connectivity index (χ2n) is 4.99. The van der Waals surface area contributed by atoms with E-state index < -0.39 is 6.09 Å². The van der Waals surface area contributed by atoms with Crippen LogP contribution in [-0.4, -0.2) is 19.7 Å². The van der Waals surface area contributed by atoms with E-state index in [9.17, 15) is 4.79 Å². The SMILES string of the molecule is C#CCN[C@H]1CCc2cc(C(C)NC(=O)OC)ccc21. The Balaban J connectivity index is 2.09. The van der Waals surface area contributed by atoms with E-state index in [2.05, 4.69) is 39.5 Å². The molecule has 1 aliphatic carbocycles. The maximum atomic E-state index is 11.2. The Morgan fingerprint density at radius 1 is 1.60 bits per heavy atom.